The molecule has 0 fully saturated rings. The van der Waals surface area contributed by atoms with E-state index >= 15 is 0 Å². The van der Waals surface area contributed by atoms with Crippen molar-refractivity contribution in [2.45, 2.75) is 13.3 Å². The van der Waals surface area contributed by atoms with E-state index in [0.29, 0.717) is 6.54 Å². The summed E-state index contributed by atoms with van der Waals surface area (Å²) < 4.78 is 0. The van der Waals surface area contributed by atoms with Crippen molar-refractivity contribution in [3.63, 3.8) is 0 Å². The molecule has 0 aliphatic carbocycles. The molecular formula is C16H15N3O. The van der Waals surface area contributed by atoms with Crippen molar-refractivity contribution in [2.75, 3.05) is 6.54 Å². The highest BCUT2D eigenvalue weighted by atomic mass is 16.1. The summed E-state index contributed by atoms with van der Waals surface area (Å²) in [6.07, 6.45) is 0.774. The number of nitrogens with zero attached hydrogens (tertiary/aromatic N) is 2. The maximum atomic E-state index is 11.9. The van der Waals surface area contributed by atoms with Crippen LogP contribution in [0.25, 0.3) is 0 Å². The van der Waals surface area contributed by atoms with Gasteiger partial charge >= 0.3 is 0 Å². The van der Waals surface area contributed by atoms with Gasteiger partial charge in [0, 0.05) is 6.54 Å². The molecule has 20 heavy (non-hydrogen) atoms. The Morgan fingerprint density at radius 1 is 1.25 bits per heavy atom. The number of nitriles is 1. The number of amides is 1. The molecule has 4 nitrogen and oxygen atoms in total. The van der Waals surface area contributed by atoms with E-state index < -0.39 is 0 Å². The fraction of sp³-hybridized carbons (Fsp3) is 0.188. The van der Waals surface area contributed by atoms with Crippen LogP contribution in [0.1, 0.15) is 27.3 Å². The number of carbonyl (C=O) groups excluding carboxylic acids is 1. The normalized spacial score (nSPS) is 9.80. The van der Waals surface area contributed by atoms with Crippen LogP contribution in [0.15, 0.2) is 42.5 Å². The second-order valence-corrected chi connectivity index (χ2v) is 4.45. The topological polar surface area (TPSA) is 65.8 Å². The van der Waals surface area contributed by atoms with Crippen molar-refractivity contribution < 1.29 is 4.79 Å². The highest BCUT2D eigenvalue weighted by molar-refractivity contribution is 5.92. The second kappa shape index (κ2) is 6.48. The highest BCUT2D eigenvalue weighted by Gasteiger charge is 2.07. The molecule has 0 radical (unpaired) electrons. The Morgan fingerprint density at radius 3 is 2.80 bits per heavy atom. The molecule has 0 aliphatic rings. The van der Waals surface area contributed by atoms with Crippen LogP contribution >= 0.6 is 0 Å². The van der Waals surface area contributed by atoms with Crippen molar-refractivity contribution in [1.82, 2.24) is 10.3 Å². The molecule has 0 saturated carbocycles. The van der Waals surface area contributed by atoms with Crippen LogP contribution in [0.4, 0.5) is 0 Å². The van der Waals surface area contributed by atoms with Gasteiger partial charge in [-0.3, -0.25) is 4.79 Å². The molecule has 2 rings (SSSR count). The summed E-state index contributed by atoms with van der Waals surface area (Å²) >= 11 is 0. The first-order chi connectivity index (χ1) is 9.70. The molecule has 0 atom stereocenters. The summed E-state index contributed by atoms with van der Waals surface area (Å²) in [5.74, 6) is -0.254. The van der Waals surface area contributed by atoms with Crippen molar-refractivity contribution in [3.8, 4) is 6.07 Å². The third-order valence-corrected chi connectivity index (χ3v) is 3.04. The lowest BCUT2D eigenvalue weighted by molar-refractivity contribution is 0.0949. The lowest BCUT2D eigenvalue weighted by atomic mass is 10.1. The summed E-state index contributed by atoms with van der Waals surface area (Å²) in [7, 11) is 0. The van der Waals surface area contributed by atoms with Crippen molar-refractivity contribution in [3.05, 3.63) is 65.0 Å². The van der Waals surface area contributed by atoms with E-state index in [0.717, 1.165) is 6.42 Å². The van der Waals surface area contributed by atoms with Crippen LogP contribution < -0.4 is 5.32 Å². The van der Waals surface area contributed by atoms with Crippen molar-refractivity contribution in [1.29, 1.82) is 5.26 Å². The van der Waals surface area contributed by atoms with Gasteiger partial charge in [0.25, 0.3) is 5.91 Å². The molecule has 1 heterocycles. The number of hydrogen-bond donors (Lipinski definition) is 1. The van der Waals surface area contributed by atoms with Crippen LogP contribution in [0, 0.1) is 18.3 Å². The third-order valence-electron chi connectivity index (χ3n) is 3.04. The van der Waals surface area contributed by atoms with Crippen molar-refractivity contribution >= 4 is 5.91 Å². The lowest BCUT2D eigenvalue weighted by Crippen LogP contribution is -2.26. The predicted octanol–water partition coefficient (Wildman–Crippen LogP) is 2.23. The number of nitrogens with one attached hydrogen (secondary N) is 1. The van der Waals surface area contributed by atoms with E-state index in [-0.39, 0.29) is 17.3 Å². The number of carbonyl (C=O) groups is 1. The maximum Gasteiger partial charge on any atom is 0.269 e. The fourth-order valence-electron chi connectivity index (χ4n) is 1.92. The van der Waals surface area contributed by atoms with Gasteiger partial charge in [-0.25, -0.2) is 4.98 Å². The molecule has 2 aromatic rings. The molecule has 1 N–H and O–H groups in total. The zero-order chi connectivity index (χ0) is 14.4. The lowest BCUT2D eigenvalue weighted by Gasteiger charge is -2.07. The monoisotopic (exact) mass is 265 g/mol. The van der Waals surface area contributed by atoms with E-state index in [4.69, 9.17) is 5.26 Å². The number of aromatic nitrogens is 1. The molecular weight excluding hydrogens is 250 g/mol. The molecule has 4 heteroatoms. The van der Waals surface area contributed by atoms with E-state index in [1.54, 1.807) is 18.2 Å². The van der Waals surface area contributed by atoms with Crippen LogP contribution in [0.2, 0.25) is 0 Å². The van der Waals surface area contributed by atoms with Crippen LogP contribution in [-0.4, -0.2) is 17.4 Å². The van der Waals surface area contributed by atoms with Crippen LogP contribution in [-0.2, 0) is 6.42 Å². The van der Waals surface area contributed by atoms with Gasteiger partial charge in [0.15, 0.2) is 0 Å². The zero-order valence-electron chi connectivity index (χ0n) is 11.3. The Morgan fingerprint density at radius 2 is 2.05 bits per heavy atom. The van der Waals surface area contributed by atoms with Gasteiger partial charge in [0.2, 0.25) is 0 Å². The number of benzene rings is 1. The molecule has 0 saturated heterocycles. The Bertz CT molecular complexity index is 659. The number of pyridine rings is 1. The number of hydrogen-bond acceptors (Lipinski definition) is 3. The summed E-state index contributed by atoms with van der Waals surface area (Å²) in [6, 6.07) is 14.8. The van der Waals surface area contributed by atoms with E-state index in [9.17, 15) is 4.79 Å². The summed E-state index contributed by atoms with van der Waals surface area (Å²) in [5, 5.41) is 11.6. The third kappa shape index (κ3) is 3.42. The fourth-order valence-corrected chi connectivity index (χ4v) is 1.92. The quantitative estimate of drug-likeness (QED) is 0.922. The Balaban J connectivity index is 1.93. The highest BCUT2D eigenvalue weighted by Crippen LogP contribution is 2.07. The van der Waals surface area contributed by atoms with Crippen LogP contribution in [0.5, 0.6) is 0 Å². The Labute approximate surface area is 118 Å². The van der Waals surface area contributed by atoms with Gasteiger partial charge in [-0.1, -0.05) is 30.3 Å². The summed E-state index contributed by atoms with van der Waals surface area (Å²) in [6.45, 7) is 2.59. The van der Waals surface area contributed by atoms with E-state index in [2.05, 4.69) is 29.4 Å². The predicted molar refractivity (Wildman–Crippen MR) is 76.2 cm³/mol. The first kappa shape index (κ1) is 13.8. The van der Waals surface area contributed by atoms with Crippen LogP contribution in [0.3, 0.4) is 0 Å². The molecule has 1 amide bonds. The Kier molecular flexibility index (Phi) is 4.46. The molecule has 0 bridgehead atoms. The van der Waals surface area contributed by atoms with Gasteiger partial charge in [-0.15, -0.1) is 0 Å². The maximum absolute atomic E-state index is 11.9. The first-order valence-corrected chi connectivity index (χ1v) is 6.40. The molecule has 100 valence electrons. The molecule has 0 unspecified atom stereocenters. The average molecular weight is 265 g/mol. The van der Waals surface area contributed by atoms with Gasteiger partial charge < -0.3 is 5.32 Å². The molecule has 0 spiro atoms. The van der Waals surface area contributed by atoms with Gasteiger partial charge in [0.1, 0.15) is 17.5 Å². The minimum absolute atomic E-state index is 0.247. The molecule has 0 aliphatic heterocycles. The largest absolute Gasteiger partial charge is 0.350 e. The average Bonchev–Trinajstić information content (AvgIpc) is 2.49. The number of rotatable bonds is 4. The van der Waals surface area contributed by atoms with Gasteiger partial charge in [0.05, 0.1) is 0 Å². The zero-order valence-corrected chi connectivity index (χ0v) is 11.3. The minimum Gasteiger partial charge on any atom is -0.350 e. The molecule has 1 aromatic heterocycles. The van der Waals surface area contributed by atoms with Gasteiger partial charge in [-0.05, 0) is 36.6 Å². The second-order valence-electron chi connectivity index (χ2n) is 4.45. The first-order valence-electron chi connectivity index (χ1n) is 6.40. The standard InChI is InChI=1S/C16H15N3O/c1-12-5-2-3-6-13(12)9-10-18-16(20)15-8-4-7-14(11-17)19-15/h2-8H,9-10H2,1H3,(H,18,20). The minimum atomic E-state index is -0.254. The van der Waals surface area contributed by atoms with Crippen molar-refractivity contribution in [2.24, 2.45) is 0 Å². The SMILES string of the molecule is Cc1ccccc1CCNC(=O)c1cccc(C#N)n1. The van der Waals surface area contributed by atoms with E-state index in [1.165, 1.54) is 11.1 Å². The summed E-state index contributed by atoms with van der Waals surface area (Å²) in [5.41, 5.74) is 2.95. The van der Waals surface area contributed by atoms with Gasteiger partial charge in [-0.2, -0.15) is 5.26 Å². The van der Waals surface area contributed by atoms with E-state index in [1.807, 2.05) is 18.2 Å². The number of aryl methyl sites for hydroxylation is 1. The molecule has 1 aromatic carbocycles. The summed E-state index contributed by atoms with van der Waals surface area (Å²) in [4.78, 5) is 15.9. The Hall–Kier alpha value is -2.67. The smallest absolute Gasteiger partial charge is 0.269 e.